The topological polar surface area (TPSA) is 66.2 Å². The average Bonchev–Trinajstić information content (AvgIpc) is 3.26. The Morgan fingerprint density at radius 3 is 2.56 bits per heavy atom. The Bertz CT molecular complexity index is 1070. The van der Waals surface area contributed by atoms with E-state index in [0.717, 1.165) is 39.2 Å². The Hall–Kier alpha value is -2.92. The van der Waals surface area contributed by atoms with E-state index in [9.17, 15) is 5.11 Å². The van der Waals surface area contributed by atoms with Crippen molar-refractivity contribution in [2.24, 2.45) is 0 Å². The summed E-state index contributed by atoms with van der Waals surface area (Å²) in [4.78, 5) is 0. The number of nitrogens with one attached hydrogen (secondary N) is 1. The van der Waals surface area contributed by atoms with Crippen molar-refractivity contribution in [2.45, 2.75) is 32.8 Å². The highest BCUT2D eigenvalue weighted by Gasteiger charge is 2.16. The van der Waals surface area contributed by atoms with E-state index in [-0.39, 0.29) is 0 Å². The number of aromatic amines is 1. The van der Waals surface area contributed by atoms with Gasteiger partial charge in [-0.2, -0.15) is 10.2 Å². The summed E-state index contributed by atoms with van der Waals surface area (Å²) in [5, 5.41) is 21.8. The van der Waals surface area contributed by atoms with Crippen LogP contribution in [0.3, 0.4) is 0 Å². The van der Waals surface area contributed by atoms with Gasteiger partial charge in [-0.05, 0) is 56.9 Å². The van der Waals surface area contributed by atoms with Crippen molar-refractivity contribution in [3.63, 3.8) is 0 Å². The molecular formula is C22H23N4O. The van der Waals surface area contributed by atoms with Gasteiger partial charge in [0.05, 0.1) is 23.0 Å². The molecule has 27 heavy (non-hydrogen) atoms. The van der Waals surface area contributed by atoms with Crippen LogP contribution in [0.2, 0.25) is 0 Å². The number of fused-ring (bicyclic) bond motifs is 1. The lowest BCUT2D eigenvalue weighted by Crippen LogP contribution is -2.20. The third kappa shape index (κ3) is 3.64. The van der Waals surface area contributed by atoms with Crippen LogP contribution in [-0.4, -0.2) is 30.5 Å². The van der Waals surface area contributed by atoms with E-state index in [1.807, 2.05) is 42.4 Å². The third-order valence-electron chi connectivity index (χ3n) is 4.64. The van der Waals surface area contributed by atoms with Crippen LogP contribution in [-0.2, 0) is 6.42 Å². The van der Waals surface area contributed by atoms with Crippen LogP contribution in [0.1, 0.15) is 25.1 Å². The van der Waals surface area contributed by atoms with E-state index in [1.54, 1.807) is 13.8 Å². The number of H-pyrrole nitrogens is 1. The maximum Gasteiger partial charge on any atom is 0.0923 e. The number of aliphatic hydroxyl groups is 1. The van der Waals surface area contributed by atoms with Crippen molar-refractivity contribution in [3.8, 4) is 22.4 Å². The van der Waals surface area contributed by atoms with Crippen molar-refractivity contribution in [1.82, 2.24) is 19.8 Å². The minimum Gasteiger partial charge on any atom is -0.390 e. The van der Waals surface area contributed by atoms with Gasteiger partial charge in [-0.25, -0.2) is 4.52 Å². The van der Waals surface area contributed by atoms with Crippen LogP contribution in [0.4, 0.5) is 0 Å². The molecule has 137 valence electrons. The number of aromatic nitrogens is 4. The lowest BCUT2D eigenvalue weighted by atomic mass is 9.96. The van der Waals surface area contributed by atoms with Crippen LogP contribution < -0.4 is 0 Å². The summed E-state index contributed by atoms with van der Waals surface area (Å²) in [6, 6.07) is 14.5. The first-order valence-corrected chi connectivity index (χ1v) is 9.05. The van der Waals surface area contributed by atoms with Crippen molar-refractivity contribution in [3.05, 3.63) is 72.5 Å². The zero-order chi connectivity index (χ0) is 19.0. The molecule has 0 unspecified atom stereocenters. The number of aryl methyl sites for hydroxylation is 1. The summed E-state index contributed by atoms with van der Waals surface area (Å²) < 4.78 is 1.90. The van der Waals surface area contributed by atoms with Gasteiger partial charge in [0.25, 0.3) is 0 Å². The molecule has 1 radical (unpaired) electrons. The molecule has 4 rings (SSSR count). The van der Waals surface area contributed by atoms with E-state index < -0.39 is 5.60 Å². The monoisotopic (exact) mass is 359 g/mol. The van der Waals surface area contributed by atoms with Gasteiger partial charge in [0.1, 0.15) is 0 Å². The molecule has 0 saturated carbocycles. The van der Waals surface area contributed by atoms with E-state index in [1.165, 1.54) is 0 Å². The molecule has 0 atom stereocenters. The molecular weight excluding hydrogens is 336 g/mol. The van der Waals surface area contributed by atoms with Gasteiger partial charge >= 0.3 is 0 Å². The molecule has 0 saturated heterocycles. The highest BCUT2D eigenvalue weighted by atomic mass is 16.3. The van der Waals surface area contributed by atoms with E-state index in [2.05, 4.69) is 45.6 Å². The first kappa shape index (κ1) is 17.5. The van der Waals surface area contributed by atoms with Gasteiger partial charge in [-0.3, -0.25) is 5.10 Å². The summed E-state index contributed by atoms with van der Waals surface area (Å²) >= 11 is 0. The fourth-order valence-corrected chi connectivity index (χ4v) is 3.24. The second kappa shape index (κ2) is 6.67. The average molecular weight is 359 g/mol. The highest BCUT2D eigenvalue weighted by Crippen LogP contribution is 2.30. The molecule has 4 aromatic rings. The Morgan fingerprint density at radius 1 is 1.15 bits per heavy atom. The van der Waals surface area contributed by atoms with Gasteiger partial charge in [-0.1, -0.05) is 30.3 Å². The summed E-state index contributed by atoms with van der Waals surface area (Å²) in [5.74, 6) is 0. The molecule has 3 aromatic heterocycles. The molecule has 0 aliphatic rings. The molecule has 0 bridgehead atoms. The summed E-state index contributed by atoms with van der Waals surface area (Å²) in [7, 11) is 0. The van der Waals surface area contributed by atoms with E-state index in [0.29, 0.717) is 6.42 Å². The standard InChI is InChI=1S/C22H23N4O/c1-15-13-20(25-24-15)17-8-6-16(7-9-17)19-14-23-26-12-4-5-18(21(19)26)10-11-22(2,3)27/h4-9,11-14,27H,10H2,1-3H3,(H,24,25). The molecule has 1 aromatic carbocycles. The van der Waals surface area contributed by atoms with Gasteiger partial charge in [0.2, 0.25) is 0 Å². The van der Waals surface area contributed by atoms with Crippen LogP contribution in [0, 0.1) is 13.3 Å². The lowest BCUT2D eigenvalue weighted by molar-refractivity contribution is 0.113. The quantitative estimate of drug-likeness (QED) is 0.561. The zero-order valence-electron chi connectivity index (χ0n) is 15.8. The fourth-order valence-electron chi connectivity index (χ4n) is 3.24. The second-order valence-electron chi connectivity index (χ2n) is 7.46. The summed E-state index contributed by atoms with van der Waals surface area (Å²) in [6.07, 6.45) is 6.45. The summed E-state index contributed by atoms with van der Waals surface area (Å²) in [5.41, 5.74) is 6.66. The van der Waals surface area contributed by atoms with Crippen LogP contribution in [0.5, 0.6) is 0 Å². The third-order valence-corrected chi connectivity index (χ3v) is 4.64. The van der Waals surface area contributed by atoms with E-state index in [4.69, 9.17) is 0 Å². The van der Waals surface area contributed by atoms with E-state index >= 15 is 0 Å². The minimum atomic E-state index is -0.809. The van der Waals surface area contributed by atoms with Crippen LogP contribution in [0.15, 0.2) is 54.9 Å². The van der Waals surface area contributed by atoms with Gasteiger partial charge < -0.3 is 5.11 Å². The molecule has 0 amide bonds. The summed E-state index contributed by atoms with van der Waals surface area (Å²) in [6.45, 7) is 5.58. The number of pyridine rings is 1. The maximum absolute atomic E-state index is 10.0. The predicted octanol–water partition coefficient (Wildman–Crippen LogP) is 4.22. The highest BCUT2D eigenvalue weighted by molar-refractivity contribution is 5.83. The SMILES string of the molecule is Cc1cc(-c2ccc(-c3cnn4cccc(C[CH]C(C)(C)O)c34)cc2)n[nH]1. The molecule has 5 nitrogen and oxygen atoms in total. The number of hydrogen-bond donors (Lipinski definition) is 2. The molecule has 0 aliphatic carbocycles. The Balaban J connectivity index is 1.71. The van der Waals surface area contributed by atoms with Gasteiger partial charge in [0, 0.05) is 23.0 Å². The first-order chi connectivity index (χ1) is 12.9. The minimum absolute atomic E-state index is 0.678. The normalized spacial score (nSPS) is 12.0. The number of rotatable bonds is 5. The number of hydrogen-bond acceptors (Lipinski definition) is 3. The molecule has 3 heterocycles. The van der Waals surface area contributed by atoms with Gasteiger partial charge in [-0.15, -0.1) is 0 Å². The van der Waals surface area contributed by atoms with Gasteiger partial charge in [0.15, 0.2) is 0 Å². The zero-order valence-corrected chi connectivity index (χ0v) is 15.8. The lowest BCUT2D eigenvalue weighted by Gasteiger charge is -2.16. The molecule has 0 aliphatic heterocycles. The Kier molecular flexibility index (Phi) is 4.32. The molecule has 0 spiro atoms. The number of nitrogens with zero attached hydrogens (tertiary/aromatic N) is 3. The maximum atomic E-state index is 10.0. The van der Waals surface area contributed by atoms with Crippen LogP contribution in [0.25, 0.3) is 27.9 Å². The largest absolute Gasteiger partial charge is 0.390 e. The van der Waals surface area contributed by atoms with Crippen molar-refractivity contribution < 1.29 is 5.11 Å². The van der Waals surface area contributed by atoms with Crippen molar-refractivity contribution in [2.75, 3.05) is 0 Å². The second-order valence-corrected chi connectivity index (χ2v) is 7.46. The van der Waals surface area contributed by atoms with Crippen LogP contribution >= 0.6 is 0 Å². The Morgan fingerprint density at radius 2 is 1.89 bits per heavy atom. The molecule has 2 N–H and O–H groups in total. The van der Waals surface area contributed by atoms with Crippen molar-refractivity contribution in [1.29, 1.82) is 0 Å². The predicted molar refractivity (Wildman–Crippen MR) is 107 cm³/mol. The van der Waals surface area contributed by atoms with Crippen molar-refractivity contribution >= 4 is 5.52 Å². The fraction of sp³-hybridized carbons (Fsp3) is 0.227. The molecule has 0 fully saturated rings. The smallest absolute Gasteiger partial charge is 0.0923 e. The Labute approximate surface area is 158 Å². The number of benzene rings is 1. The molecule has 5 heteroatoms. The first-order valence-electron chi connectivity index (χ1n) is 9.05.